The molecule has 5 aromatic rings. The molecule has 0 spiro atoms. The van der Waals surface area contributed by atoms with Crippen LogP contribution in [-0.2, 0) is 46.0 Å². The van der Waals surface area contributed by atoms with Crippen LogP contribution in [0, 0.1) is 6.92 Å². The van der Waals surface area contributed by atoms with Crippen molar-refractivity contribution in [2.45, 2.75) is 65.2 Å². The van der Waals surface area contributed by atoms with E-state index in [9.17, 15) is 18.3 Å². The molecule has 12 nitrogen and oxygen atoms in total. The van der Waals surface area contributed by atoms with Gasteiger partial charge in [0.2, 0.25) is 0 Å². The summed E-state index contributed by atoms with van der Waals surface area (Å²) in [6.45, 7) is 6.56. The highest BCUT2D eigenvalue weighted by atomic mass is 32.2. The van der Waals surface area contributed by atoms with Crippen LogP contribution in [0.4, 0.5) is 0 Å². The van der Waals surface area contributed by atoms with Crippen molar-refractivity contribution in [2.24, 2.45) is 0 Å². The Labute approximate surface area is 304 Å². The van der Waals surface area contributed by atoms with Crippen molar-refractivity contribution < 1.29 is 32.0 Å². The maximum atomic E-state index is 13.2. The van der Waals surface area contributed by atoms with Crippen molar-refractivity contribution in [1.82, 2.24) is 24.2 Å². The lowest BCUT2D eigenvalue weighted by Crippen LogP contribution is -2.37. The maximum Gasteiger partial charge on any atom is 0.385 e. The fourth-order valence-electron chi connectivity index (χ4n) is 6.81. The number of phenolic OH excluding ortho intramolecular Hbond substituents is 1. The Kier molecular flexibility index (Phi) is 11.4. The second-order valence-corrected chi connectivity index (χ2v) is 14.7. The molecular formula is C39H45N5O7S. The molecule has 6 rings (SSSR count). The molecule has 0 aliphatic carbocycles. The summed E-state index contributed by atoms with van der Waals surface area (Å²) in [7, 11) is -0.480. The summed E-state index contributed by atoms with van der Waals surface area (Å²) in [6.07, 6.45) is 2.03. The highest BCUT2D eigenvalue weighted by Crippen LogP contribution is 2.38. The number of aromatic nitrogens is 3. The van der Waals surface area contributed by atoms with Crippen molar-refractivity contribution in [3.8, 4) is 17.2 Å². The number of hydrogen-bond acceptors (Lipinski definition) is 10. The summed E-state index contributed by atoms with van der Waals surface area (Å²) < 4.78 is 45.9. The van der Waals surface area contributed by atoms with Crippen molar-refractivity contribution >= 4 is 27.3 Å². The van der Waals surface area contributed by atoms with Gasteiger partial charge in [-0.3, -0.25) is 4.79 Å². The fourth-order valence-corrected chi connectivity index (χ4v) is 7.90. The molecular weight excluding hydrogens is 683 g/mol. The number of fused-ring (bicyclic) bond motifs is 2. The molecule has 52 heavy (non-hydrogen) atoms. The smallest absolute Gasteiger partial charge is 0.385 e. The maximum absolute atomic E-state index is 13.2. The van der Waals surface area contributed by atoms with Gasteiger partial charge in [-0.25, -0.2) is 4.68 Å². The Morgan fingerprint density at radius 2 is 1.87 bits per heavy atom. The number of methoxy groups -OCH3 is 1. The van der Waals surface area contributed by atoms with E-state index < -0.39 is 16.2 Å². The summed E-state index contributed by atoms with van der Waals surface area (Å²) in [5.41, 5.74) is 6.69. The Morgan fingerprint density at radius 3 is 2.63 bits per heavy atom. The van der Waals surface area contributed by atoms with Gasteiger partial charge in [0.25, 0.3) is 0 Å². The third-order valence-corrected chi connectivity index (χ3v) is 10.7. The number of carbonyl (C=O) groups is 1. The van der Waals surface area contributed by atoms with E-state index in [0.29, 0.717) is 16.9 Å². The number of nitrogens with zero attached hydrogens (tertiary/aromatic N) is 5. The number of benzene rings is 4. The van der Waals surface area contributed by atoms with E-state index in [1.807, 2.05) is 41.9 Å². The molecule has 1 aliphatic rings. The monoisotopic (exact) mass is 727 g/mol. The van der Waals surface area contributed by atoms with E-state index in [2.05, 4.69) is 46.5 Å². The average molecular weight is 728 g/mol. The molecule has 0 fully saturated rings. The summed E-state index contributed by atoms with van der Waals surface area (Å²) in [6, 6.07) is 24.3. The molecule has 1 unspecified atom stereocenters. The standard InChI is InChI=1S/C39H45N5O7S/c1-5-50-38(46)23-34(29-13-17-36(49-4)30(21-29)25-43-26-31-22-32(45)14-18-37(31)51-52(43,47)48)33-15-16-35-39(27(33)2)40-41-44(35)20-10-9-19-42(3)24-28-11-7-6-8-12-28/h6-8,11-18,21-22,34,45H,5,9-10,19-20,23-26H2,1-4H3. The van der Waals surface area contributed by atoms with Gasteiger partial charge in [-0.2, -0.15) is 12.7 Å². The SMILES string of the molecule is CCOC(=O)CC(c1ccc(OC)c(CN2Cc3cc(O)ccc3OS2(=O)=O)c1)c1ccc2c(nnn2CCCCN(C)Cc2ccccc2)c1C. The Hall–Kier alpha value is -4.98. The molecule has 0 bridgehead atoms. The second kappa shape index (κ2) is 16.1. The summed E-state index contributed by atoms with van der Waals surface area (Å²) >= 11 is 0. The molecule has 1 aromatic heterocycles. The minimum Gasteiger partial charge on any atom is -0.508 e. The summed E-state index contributed by atoms with van der Waals surface area (Å²) in [5.74, 6) is -0.105. The number of aryl methyl sites for hydroxylation is 2. The van der Waals surface area contributed by atoms with Gasteiger partial charge >= 0.3 is 16.3 Å². The first-order valence-corrected chi connectivity index (χ1v) is 18.8. The second-order valence-electron chi connectivity index (χ2n) is 13.1. The number of aromatic hydroxyl groups is 1. The minimum atomic E-state index is -4.14. The van der Waals surface area contributed by atoms with Gasteiger partial charge in [-0.1, -0.05) is 53.7 Å². The Balaban J connectivity index is 1.24. The van der Waals surface area contributed by atoms with Crippen LogP contribution in [0.25, 0.3) is 11.0 Å². The van der Waals surface area contributed by atoms with E-state index in [1.165, 1.54) is 35.2 Å². The van der Waals surface area contributed by atoms with Crippen LogP contribution in [0.3, 0.4) is 0 Å². The van der Waals surface area contributed by atoms with Crippen molar-refractivity contribution in [3.63, 3.8) is 0 Å². The quantitative estimate of drug-likeness (QED) is 0.0997. The third kappa shape index (κ3) is 8.38. The number of carbonyl (C=O) groups excluding carboxylic acids is 1. The van der Waals surface area contributed by atoms with Crippen LogP contribution in [0.15, 0.2) is 78.9 Å². The molecule has 4 aromatic carbocycles. The highest BCUT2D eigenvalue weighted by molar-refractivity contribution is 7.84. The molecule has 0 amide bonds. The molecule has 1 N–H and O–H groups in total. The largest absolute Gasteiger partial charge is 0.508 e. The number of phenols is 1. The van der Waals surface area contributed by atoms with Gasteiger partial charge in [0.05, 0.1) is 25.7 Å². The van der Waals surface area contributed by atoms with Gasteiger partial charge in [-0.15, -0.1) is 5.10 Å². The van der Waals surface area contributed by atoms with E-state index >= 15 is 0 Å². The zero-order valence-corrected chi connectivity index (χ0v) is 30.8. The molecule has 2 heterocycles. The number of esters is 1. The number of rotatable bonds is 15. The van der Waals surface area contributed by atoms with E-state index in [0.717, 1.165) is 60.2 Å². The first-order valence-electron chi connectivity index (χ1n) is 17.4. The van der Waals surface area contributed by atoms with Crippen LogP contribution in [-0.4, -0.2) is 71.0 Å². The van der Waals surface area contributed by atoms with Crippen LogP contribution in [0.1, 0.15) is 65.5 Å². The predicted molar refractivity (Wildman–Crippen MR) is 197 cm³/mol. The van der Waals surface area contributed by atoms with Gasteiger partial charge in [0.15, 0.2) is 0 Å². The van der Waals surface area contributed by atoms with Gasteiger partial charge < -0.3 is 23.7 Å². The van der Waals surface area contributed by atoms with Gasteiger partial charge in [0.1, 0.15) is 22.8 Å². The lowest BCUT2D eigenvalue weighted by atomic mass is 9.84. The molecule has 0 saturated carbocycles. The van der Waals surface area contributed by atoms with E-state index in [-0.39, 0.29) is 43.6 Å². The molecule has 1 aliphatic heterocycles. The fraction of sp³-hybridized carbons (Fsp3) is 0.359. The topological polar surface area (TPSA) is 136 Å². The molecule has 0 saturated heterocycles. The van der Waals surface area contributed by atoms with Crippen molar-refractivity contribution in [3.05, 3.63) is 112 Å². The first kappa shape index (κ1) is 36.8. The zero-order chi connectivity index (χ0) is 36.8. The average Bonchev–Trinajstić information content (AvgIpc) is 3.54. The minimum absolute atomic E-state index is 0.00151. The van der Waals surface area contributed by atoms with Crippen LogP contribution < -0.4 is 8.92 Å². The molecule has 274 valence electrons. The van der Waals surface area contributed by atoms with Crippen LogP contribution in [0.5, 0.6) is 17.2 Å². The zero-order valence-electron chi connectivity index (χ0n) is 30.0. The predicted octanol–water partition coefficient (Wildman–Crippen LogP) is 6.09. The summed E-state index contributed by atoms with van der Waals surface area (Å²) in [4.78, 5) is 15.3. The number of hydrogen-bond donors (Lipinski definition) is 1. The third-order valence-electron chi connectivity index (χ3n) is 9.44. The van der Waals surface area contributed by atoms with Gasteiger partial charge in [-0.05, 0) is 92.9 Å². The van der Waals surface area contributed by atoms with Crippen molar-refractivity contribution in [1.29, 1.82) is 0 Å². The molecule has 13 heteroatoms. The van der Waals surface area contributed by atoms with Crippen molar-refractivity contribution in [2.75, 3.05) is 27.3 Å². The highest BCUT2D eigenvalue weighted by Gasteiger charge is 2.33. The van der Waals surface area contributed by atoms with Gasteiger partial charge in [0, 0.05) is 43.2 Å². The lowest BCUT2D eigenvalue weighted by molar-refractivity contribution is -0.143. The Bertz CT molecular complexity index is 2140. The first-order chi connectivity index (χ1) is 25.1. The molecule has 0 radical (unpaired) electrons. The Morgan fingerprint density at radius 1 is 1.06 bits per heavy atom. The normalized spacial score (nSPS) is 14.6. The van der Waals surface area contributed by atoms with Crippen LogP contribution in [0.2, 0.25) is 0 Å². The van der Waals surface area contributed by atoms with E-state index in [4.69, 9.17) is 13.7 Å². The number of unbranched alkanes of at least 4 members (excludes halogenated alkanes) is 1. The van der Waals surface area contributed by atoms with Crippen LogP contribution >= 0.6 is 0 Å². The lowest BCUT2D eigenvalue weighted by Gasteiger charge is -2.28. The van der Waals surface area contributed by atoms with E-state index in [1.54, 1.807) is 13.0 Å². The number of ether oxygens (including phenoxy) is 2. The summed E-state index contributed by atoms with van der Waals surface area (Å²) in [5, 5.41) is 19.1. The molecule has 1 atom stereocenters.